The van der Waals surface area contributed by atoms with Crippen LogP contribution >= 0.6 is 0 Å². The van der Waals surface area contributed by atoms with Crippen LogP contribution in [0.1, 0.15) is 22.9 Å². The molecule has 0 bridgehead atoms. The second-order valence-corrected chi connectivity index (χ2v) is 7.68. The molecular weight excluding hydrogens is 411 g/mol. The number of carbonyl (C=O) groups is 1. The lowest BCUT2D eigenvalue weighted by Gasteiger charge is -2.30. The van der Waals surface area contributed by atoms with Crippen LogP contribution in [0.3, 0.4) is 0 Å². The van der Waals surface area contributed by atoms with Crippen LogP contribution in [0.15, 0.2) is 65.6 Å². The molecular formula is C24H21FN4O3. The molecule has 3 heterocycles. The highest BCUT2D eigenvalue weighted by Gasteiger charge is 2.40. The first-order chi connectivity index (χ1) is 15.5. The maximum Gasteiger partial charge on any atom is 0.416 e. The molecule has 8 heteroatoms. The molecule has 1 unspecified atom stereocenters. The van der Waals surface area contributed by atoms with Gasteiger partial charge in [-0.25, -0.2) is 14.2 Å². The number of aliphatic imine (C=N–C) groups is 1. The zero-order valence-corrected chi connectivity index (χ0v) is 17.7. The van der Waals surface area contributed by atoms with Crippen molar-refractivity contribution in [3.63, 3.8) is 0 Å². The number of nitrogens with zero attached hydrogens (tertiary/aromatic N) is 4. The Bertz CT molecular complexity index is 1250. The quantitative estimate of drug-likeness (QED) is 0.616. The number of ether oxygens (including phenoxy) is 2. The third-order valence-electron chi connectivity index (χ3n) is 5.58. The van der Waals surface area contributed by atoms with Crippen molar-refractivity contribution in [2.45, 2.75) is 13.0 Å². The second kappa shape index (κ2) is 7.96. The normalized spacial score (nSPS) is 19.0. The number of benzene rings is 2. The molecule has 2 aromatic carbocycles. The Kier molecular flexibility index (Phi) is 4.97. The van der Waals surface area contributed by atoms with Crippen LogP contribution in [-0.4, -0.2) is 46.6 Å². The van der Waals surface area contributed by atoms with E-state index in [2.05, 4.69) is 9.98 Å². The predicted octanol–water partition coefficient (Wildman–Crippen LogP) is 4.32. The van der Waals surface area contributed by atoms with Gasteiger partial charge in [0.1, 0.15) is 24.0 Å². The molecule has 3 aromatic rings. The van der Waals surface area contributed by atoms with E-state index in [0.717, 1.165) is 28.1 Å². The largest absolute Gasteiger partial charge is 0.495 e. The van der Waals surface area contributed by atoms with Crippen LogP contribution in [0.4, 0.5) is 9.18 Å². The summed E-state index contributed by atoms with van der Waals surface area (Å²) in [5.41, 5.74) is 4.29. The summed E-state index contributed by atoms with van der Waals surface area (Å²) >= 11 is 0. The lowest BCUT2D eigenvalue weighted by molar-refractivity contribution is 0.117. The van der Waals surface area contributed by atoms with Gasteiger partial charge in [0.05, 0.1) is 37.4 Å². The summed E-state index contributed by atoms with van der Waals surface area (Å²) in [5.74, 6) is 0.959. The number of hydrogen-bond acceptors (Lipinski definition) is 5. The molecule has 1 atom stereocenters. The third kappa shape index (κ3) is 3.53. The van der Waals surface area contributed by atoms with Crippen molar-refractivity contribution in [1.29, 1.82) is 0 Å². The summed E-state index contributed by atoms with van der Waals surface area (Å²) in [6.07, 6.45) is 5.16. The first-order valence-corrected chi connectivity index (χ1v) is 10.2. The van der Waals surface area contributed by atoms with E-state index in [1.165, 1.54) is 12.1 Å². The fourth-order valence-corrected chi connectivity index (χ4v) is 4.02. The second-order valence-electron chi connectivity index (χ2n) is 7.68. The van der Waals surface area contributed by atoms with Gasteiger partial charge in [0.25, 0.3) is 0 Å². The van der Waals surface area contributed by atoms with Crippen molar-refractivity contribution < 1.29 is 18.7 Å². The van der Waals surface area contributed by atoms with E-state index in [-0.39, 0.29) is 18.5 Å². The lowest BCUT2D eigenvalue weighted by Crippen LogP contribution is -2.43. The van der Waals surface area contributed by atoms with Crippen LogP contribution in [0.5, 0.6) is 5.75 Å². The fraction of sp³-hybridized carbons (Fsp3) is 0.208. The van der Waals surface area contributed by atoms with Crippen molar-refractivity contribution in [3.8, 4) is 11.4 Å². The number of methoxy groups -OCH3 is 1. The Hall–Kier alpha value is -3.94. The zero-order chi connectivity index (χ0) is 22.2. The van der Waals surface area contributed by atoms with Gasteiger partial charge in [-0.05, 0) is 48.4 Å². The molecule has 0 saturated carbocycles. The average Bonchev–Trinajstić information content (AvgIpc) is 3.43. The van der Waals surface area contributed by atoms with Crippen LogP contribution in [0, 0.1) is 12.7 Å². The first-order valence-electron chi connectivity index (χ1n) is 10.2. The summed E-state index contributed by atoms with van der Waals surface area (Å²) in [6.45, 7) is 2.46. The standard InChI is InChI=1S/C24H21FN4O3/c1-15-12-28(14-27-15)20-8-3-16(10-22(20)31-2)9-18-13-32-24(30)29-21(11-26-23(18)29)17-4-6-19(25)7-5-17/h3-10,12,14,21H,11,13H2,1-2H3/b18-9+. The lowest BCUT2D eigenvalue weighted by atomic mass is 10.0. The minimum absolute atomic E-state index is 0.134. The van der Waals surface area contributed by atoms with Gasteiger partial charge in [0.15, 0.2) is 0 Å². The van der Waals surface area contributed by atoms with Crippen molar-refractivity contribution >= 4 is 18.0 Å². The topological polar surface area (TPSA) is 69.0 Å². The van der Waals surface area contributed by atoms with Crippen molar-refractivity contribution in [1.82, 2.24) is 14.5 Å². The van der Waals surface area contributed by atoms with E-state index in [9.17, 15) is 9.18 Å². The predicted molar refractivity (Wildman–Crippen MR) is 117 cm³/mol. The highest BCUT2D eigenvalue weighted by atomic mass is 19.1. The van der Waals surface area contributed by atoms with Gasteiger partial charge in [-0.15, -0.1) is 0 Å². The maximum absolute atomic E-state index is 13.3. The first kappa shape index (κ1) is 20.0. The monoisotopic (exact) mass is 432 g/mol. The Morgan fingerprint density at radius 2 is 2.03 bits per heavy atom. The molecule has 1 fully saturated rings. The van der Waals surface area contributed by atoms with Crippen LogP contribution < -0.4 is 4.74 Å². The molecule has 162 valence electrons. The van der Waals surface area contributed by atoms with Crippen LogP contribution in [0.2, 0.25) is 0 Å². The summed E-state index contributed by atoms with van der Waals surface area (Å²) in [6, 6.07) is 11.6. The number of aryl methyl sites for hydroxylation is 1. The third-order valence-corrected chi connectivity index (χ3v) is 5.58. The number of hydrogen-bond donors (Lipinski definition) is 0. The number of rotatable bonds is 4. The van der Waals surface area contributed by atoms with E-state index >= 15 is 0 Å². The fourth-order valence-electron chi connectivity index (χ4n) is 4.02. The van der Waals surface area contributed by atoms with Crippen molar-refractivity contribution in [2.75, 3.05) is 20.3 Å². The number of amides is 1. The van der Waals surface area contributed by atoms with Crippen molar-refractivity contribution in [3.05, 3.63) is 83.2 Å². The van der Waals surface area contributed by atoms with E-state index in [0.29, 0.717) is 18.1 Å². The molecule has 2 aliphatic rings. The Morgan fingerprint density at radius 3 is 2.75 bits per heavy atom. The van der Waals surface area contributed by atoms with Gasteiger partial charge in [0.2, 0.25) is 0 Å². The number of amidine groups is 1. The molecule has 0 N–H and O–H groups in total. The Morgan fingerprint density at radius 1 is 1.22 bits per heavy atom. The van der Waals surface area contributed by atoms with Gasteiger partial charge in [-0.1, -0.05) is 18.2 Å². The number of carbonyl (C=O) groups excluding carboxylic acids is 1. The molecule has 0 radical (unpaired) electrons. The molecule has 7 nitrogen and oxygen atoms in total. The minimum Gasteiger partial charge on any atom is -0.495 e. The zero-order valence-electron chi connectivity index (χ0n) is 17.7. The van der Waals surface area contributed by atoms with Gasteiger partial charge in [-0.2, -0.15) is 0 Å². The summed E-state index contributed by atoms with van der Waals surface area (Å²) < 4.78 is 26.3. The van der Waals surface area contributed by atoms with E-state index in [1.807, 2.05) is 42.0 Å². The van der Waals surface area contributed by atoms with E-state index in [4.69, 9.17) is 9.47 Å². The average molecular weight is 432 g/mol. The molecule has 0 spiro atoms. The number of imidazole rings is 1. The smallest absolute Gasteiger partial charge is 0.416 e. The minimum atomic E-state index is -0.448. The molecule has 0 aliphatic carbocycles. The maximum atomic E-state index is 13.3. The summed E-state index contributed by atoms with van der Waals surface area (Å²) in [7, 11) is 1.62. The van der Waals surface area contributed by atoms with Crippen LogP contribution in [0.25, 0.3) is 11.8 Å². The van der Waals surface area contributed by atoms with Crippen LogP contribution in [-0.2, 0) is 4.74 Å². The molecule has 2 aliphatic heterocycles. The number of fused-ring (bicyclic) bond motifs is 1. The Balaban J connectivity index is 1.45. The SMILES string of the molecule is COc1cc(/C=C2\COC(=O)N3C2=NCC3c2ccc(F)cc2)ccc1-n1cnc(C)c1. The van der Waals surface area contributed by atoms with E-state index < -0.39 is 6.09 Å². The van der Waals surface area contributed by atoms with Gasteiger partial charge >= 0.3 is 6.09 Å². The van der Waals surface area contributed by atoms with Gasteiger partial charge in [0, 0.05) is 11.8 Å². The molecule has 5 rings (SSSR count). The van der Waals surface area contributed by atoms with Gasteiger partial charge < -0.3 is 14.0 Å². The molecule has 1 aromatic heterocycles. The van der Waals surface area contributed by atoms with Gasteiger partial charge in [-0.3, -0.25) is 9.89 Å². The molecule has 1 amide bonds. The summed E-state index contributed by atoms with van der Waals surface area (Å²) in [4.78, 5) is 22.9. The number of aromatic nitrogens is 2. The van der Waals surface area contributed by atoms with E-state index in [1.54, 1.807) is 30.5 Å². The molecule has 1 saturated heterocycles. The summed E-state index contributed by atoms with van der Waals surface area (Å²) in [5, 5.41) is 0. The Labute approximate surface area is 184 Å². The number of cyclic esters (lactones) is 1. The highest BCUT2D eigenvalue weighted by molar-refractivity contribution is 6.12. The van der Waals surface area contributed by atoms with Crippen molar-refractivity contribution in [2.24, 2.45) is 4.99 Å². The highest BCUT2D eigenvalue weighted by Crippen LogP contribution is 2.33. The molecule has 32 heavy (non-hydrogen) atoms. The number of halogens is 1.